The first kappa shape index (κ1) is 11.3. The monoisotopic (exact) mass is 262 g/mol. The van der Waals surface area contributed by atoms with E-state index in [4.69, 9.17) is 5.73 Å². The van der Waals surface area contributed by atoms with E-state index in [1.165, 1.54) is 22.1 Å². The van der Waals surface area contributed by atoms with Gasteiger partial charge in [0.2, 0.25) is 0 Å². The number of nitrogens with two attached hydrogens (primary N) is 1. The van der Waals surface area contributed by atoms with E-state index in [1.54, 1.807) is 0 Å². The van der Waals surface area contributed by atoms with E-state index in [9.17, 15) is 0 Å². The van der Waals surface area contributed by atoms with Crippen LogP contribution < -0.4 is 10.3 Å². The molecule has 0 aliphatic carbocycles. The molecule has 0 amide bonds. The molecule has 0 atom stereocenters. The van der Waals surface area contributed by atoms with Crippen molar-refractivity contribution in [2.45, 2.75) is 13.5 Å². The topological polar surface area (TPSA) is 34.3 Å². The van der Waals surface area contributed by atoms with Gasteiger partial charge in [-0.15, -0.1) is 0 Å². The zero-order valence-electron chi connectivity index (χ0n) is 11.4. The van der Waals surface area contributed by atoms with E-state index in [0.29, 0.717) is 0 Å². The molecule has 0 saturated carbocycles. The minimum atomic E-state index is 0.797. The predicted octanol–water partition coefficient (Wildman–Crippen LogP) is 3.14. The van der Waals surface area contributed by atoms with Crippen LogP contribution in [0.25, 0.3) is 27.6 Å². The number of pyridine rings is 1. The molecule has 0 saturated heterocycles. The van der Waals surface area contributed by atoms with Crippen molar-refractivity contribution in [2.24, 2.45) is 0 Å². The summed E-state index contributed by atoms with van der Waals surface area (Å²) in [7, 11) is 0. The molecular formula is C17H16N3+. The van der Waals surface area contributed by atoms with Crippen LogP contribution in [0.15, 0.2) is 54.6 Å². The molecule has 0 aliphatic rings. The maximum atomic E-state index is 5.98. The van der Waals surface area contributed by atoms with Gasteiger partial charge in [0.25, 0.3) is 5.65 Å². The van der Waals surface area contributed by atoms with Crippen molar-refractivity contribution in [3.63, 3.8) is 0 Å². The number of hydrogen-bond acceptors (Lipinski definition) is 1. The number of anilines is 1. The SMILES string of the molecule is CC[n+]1c2ccccc2n2c3cc(N)ccc3ccc21. The summed E-state index contributed by atoms with van der Waals surface area (Å²) < 4.78 is 4.63. The number of aryl methyl sites for hydroxylation is 1. The highest BCUT2D eigenvalue weighted by Crippen LogP contribution is 2.23. The molecule has 0 unspecified atom stereocenters. The molecule has 0 radical (unpaired) electrons. The first-order valence-corrected chi connectivity index (χ1v) is 6.91. The predicted molar refractivity (Wildman–Crippen MR) is 82.7 cm³/mol. The number of nitrogen functional groups attached to an aromatic ring is 1. The van der Waals surface area contributed by atoms with Crippen LogP contribution in [0, 0.1) is 0 Å². The van der Waals surface area contributed by atoms with Crippen LogP contribution in [0.2, 0.25) is 0 Å². The summed E-state index contributed by atoms with van der Waals surface area (Å²) in [6, 6.07) is 18.9. The lowest BCUT2D eigenvalue weighted by Crippen LogP contribution is -2.31. The fourth-order valence-electron chi connectivity index (χ4n) is 3.06. The summed E-state index contributed by atoms with van der Waals surface area (Å²) in [6.07, 6.45) is 0. The fraction of sp³-hybridized carbons (Fsp3) is 0.118. The second-order valence-corrected chi connectivity index (χ2v) is 5.08. The van der Waals surface area contributed by atoms with E-state index in [1.807, 2.05) is 6.07 Å². The molecular weight excluding hydrogens is 246 g/mol. The van der Waals surface area contributed by atoms with Gasteiger partial charge in [0.15, 0.2) is 11.0 Å². The van der Waals surface area contributed by atoms with Gasteiger partial charge in [-0.1, -0.05) is 12.1 Å². The Morgan fingerprint density at radius 3 is 2.65 bits per heavy atom. The molecule has 0 aliphatic heterocycles. The Kier molecular flexibility index (Phi) is 2.24. The summed E-state index contributed by atoms with van der Waals surface area (Å²) in [4.78, 5) is 0. The number of para-hydroxylation sites is 2. The Bertz CT molecular complexity index is 951. The van der Waals surface area contributed by atoms with Crippen LogP contribution >= 0.6 is 0 Å². The van der Waals surface area contributed by atoms with Crippen LogP contribution in [0.1, 0.15) is 6.92 Å². The smallest absolute Gasteiger partial charge is 0.287 e. The van der Waals surface area contributed by atoms with Crippen molar-refractivity contribution in [2.75, 3.05) is 5.73 Å². The lowest BCUT2D eigenvalue weighted by atomic mass is 10.2. The second-order valence-electron chi connectivity index (χ2n) is 5.08. The van der Waals surface area contributed by atoms with Crippen LogP contribution in [-0.2, 0) is 6.54 Å². The average molecular weight is 262 g/mol. The van der Waals surface area contributed by atoms with E-state index >= 15 is 0 Å². The third kappa shape index (κ3) is 1.37. The molecule has 4 aromatic rings. The third-order valence-corrected chi connectivity index (χ3v) is 3.94. The van der Waals surface area contributed by atoms with E-state index in [0.717, 1.165) is 17.7 Å². The highest BCUT2D eigenvalue weighted by molar-refractivity contribution is 5.89. The molecule has 0 spiro atoms. The molecule has 3 heteroatoms. The van der Waals surface area contributed by atoms with Crippen LogP contribution in [0.4, 0.5) is 5.69 Å². The van der Waals surface area contributed by atoms with Crippen molar-refractivity contribution in [1.29, 1.82) is 0 Å². The number of hydrogen-bond donors (Lipinski definition) is 1. The van der Waals surface area contributed by atoms with Crippen molar-refractivity contribution in [3.8, 4) is 0 Å². The second kappa shape index (κ2) is 3.97. The maximum absolute atomic E-state index is 5.98. The molecule has 4 rings (SSSR count). The Morgan fingerprint density at radius 2 is 1.80 bits per heavy atom. The molecule has 3 nitrogen and oxygen atoms in total. The van der Waals surface area contributed by atoms with Gasteiger partial charge in [0.1, 0.15) is 5.52 Å². The molecule has 0 fully saturated rings. The van der Waals surface area contributed by atoms with Gasteiger partial charge in [0.05, 0.1) is 6.54 Å². The van der Waals surface area contributed by atoms with Crippen LogP contribution in [0.5, 0.6) is 0 Å². The lowest BCUT2D eigenvalue weighted by Gasteiger charge is -1.99. The highest BCUT2D eigenvalue weighted by atomic mass is 15.1. The fourth-order valence-corrected chi connectivity index (χ4v) is 3.06. The van der Waals surface area contributed by atoms with E-state index in [2.05, 4.69) is 64.4 Å². The Hall–Kier alpha value is -2.55. The van der Waals surface area contributed by atoms with Gasteiger partial charge in [-0.25, -0.2) is 4.57 Å². The number of benzene rings is 2. The quantitative estimate of drug-likeness (QED) is 0.415. The van der Waals surface area contributed by atoms with Crippen molar-refractivity contribution < 1.29 is 4.57 Å². The first-order chi connectivity index (χ1) is 9.79. The number of imidazole rings is 1. The summed E-state index contributed by atoms with van der Waals surface area (Å²) >= 11 is 0. The Labute approximate surface area is 116 Å². The molecule has 20 heavy (non-hydrogen) atoms. The van der Waals surface area contributed by atoms with Gasteiger partial charge in [-0.2, -0.15) is 4.40 Å². The molecule has 2 N–H and O–H groups in total. The van der Waals surface area contributed by atoms with E-state index < -0.39 is 0 Å². The number of nitrogens with zero attached hydrogens (tertiary/aromatic N) is 2. The van der Waals surface area contributed by atoms with Gasteiger partial charge in [-0.05, 0) is 37.3 Å². The number of aromatic nitrogens is 2. The number of rotatable bonds is 1. The number of fused-ring (bicyclic) bond motifs is 5. The largest absolute Gasteiger partial charge is 0.399 e. The van der Waals surface area contributed by atoms with Crippen molar-refractivity contribution in [3.05, 3.63) is 54.6 Å². The molecule has 2 heterocycles. The Morgan fingerprint density at radius 1 is 1.00 bits per heavy atom. The average Bonchev–Trinajstić information content (AvgIpc) is 2.81. The maximum Gasteiger partial charge on any atom is 0.287 e. The van der Waals surface area contributed by atoms with E-state index in [-0.39, 0.29) is 0 Å². The van der Waals surface area contributed by atoms with Gasteiger partial charge in [-0.3, -0.25) is 0 Å². The minimum absolute atomic E-state index is 0.797. The summed E-state index contributed by atoms with van der Waals surface area (Å²) in [5, 5.41) is 1.20. The van der Waals surface area contributed by atoms with Crippen molar-refractivity contribution >= 4 is 33.3 Å². The van der Waals surface area contributed by atoms with Crippen LogP contribution in [-0.4, -0.2) is 4.40 Å². The van der Waals surface area contributed by atoms with Crippen LogP contribution in [0.3, 0.4) is 0 Å². The normalized spacial score (nSPS) is 11.7. The molecule has 0 bridgehead atoms. The zero-order chi connectivity index (χ0) is 13.7. The zero-order valence-corrected chi connectivity index (χ0v) is 11.4. The minimum Gasteiger partial charge on any atom is -0.399 e. The van der Waals surface area contributed by atoms with Gasteiger partial charge >= 0.3 is 0 Å². The first-order valence-electron chi connectivity index (χ1n) is 6.91. The Balaban J connectivity index is 2.35. The summed E-state index contributed by atoms with van der Waals surface area (Å²) in [5.41, 5.74) is 11.6. The molecule has 2 aromatic heterocycles. The molecule has 98 valence electrons. The summed E-state index contributed by atoms with van der Waals surface area (Å²) in [6.45, 7) is 3.13. The van der Waals surface area contributed by atoms with Gasteiger partial charge in [0, 0.05) is 23.2 Å². The highest BCUT2D eigenvalue weighted by Gasteiger charge is 2.19. The molecule has 2 aromatic carbocycles. The summed E-state index contributed by atoms with van der Waals surface area (Å²) in [5.74, 6) is 0. The van der Waals surface area contributed by atoms with Crippen molar-refractivity contribution in [1.82, 2.24) is 4.40 Å². The third-order valence-electron chi connectivity index (χ3n) is 3.94. The standard InChI is InChI=1S/C17H15N3/c1-2-19-14-5-3-4-6-15(14)20-16-11-13(18)9-7-12(16)8-10-17(19)20/h3-11,18H,2H2,1H3/p+1. The lowest BCUT2D eigenvalue weighted by molar-refractivity contribution is -0.642. The van der Waals surface area contributed by atoms with Gasteiger partial charge < -0.3 is 5.73 Å².